The molecule has 1 unspecified atom stereocenters. The number of hydrogen-bond acceptors (Lipinski definition) is 5. The molecule has 1 aliphatic rings. The zero-order chi connectivity index (χ0) is 14.5. The quantitative estimate of drug-likeness (QED) is 0.637. The molecule has 0 bridgehead atoms. The molecule has 1 atom stereocenters. The first kappa shape index (κ1) is 15.6. The van der Waals surface area contributed by atoms with Crippen LogP contribution in [0.3, 0.4) is 0 Å². The Hall–Kier alpha value is -0.820. The van der Waals surface area contributed by atoms with Crippen molar-refractivity contribution in [3.63, 3.8) is 0 Å². The van der Waals surface area contributed by atoms with Gasteiger partial charge in [-0.25, -0.2) is 0 Å². The number of aliphatic hydroxyl groups is 1. The first-order chi connectivity index (χ1) is 9.69. The summed E-state index contributed by atoms with van der Waals surface area (Å²) in [6.45, 7) is 4.08. The lowest BCUT2D eigenvalue weighted by molar-refractivity contribution is 0.0727. The van der Waals surface area contributed by atoms with E-state index in [9.17, 15) is 5.11 Å². The molecule has 0 spiro atoms. The van der Waals surface area contributed by atoms with E-state index < -0.39 is 0 Å². The third kappa shape index (κ3) is 3.25. The fraction of sp³-hybridized carbons (Fsp3) is 0.500. The lowest BCUT2D eigenvalue weighted by atomic mass is 10.1. The molecule has 1 aromatic rings. The number of nitrogens with zero attached hydrogens (tertiary/aromatic N) is 1. The van der Waals surface area contributed by atoms with Crippen LogP contribution >= 0.6 is 24.0 Å². The van der Waals surface area contributed by atoms with Crippen molar-refractivity contribution >= 4 is 34.7 Å². The second-order valence-electron chi connectivity index (χ2n) is 4.55. The summed E-state index contributed by atoms with van der Waals surface area (Å²) in [4.78, 5) is 3.65. The van der Waals surface area contributed by atoms with Crippen molar-refractivity contribution in [3.05, 3.63) is 23.8 Å². The predicted molar refractivity (Wildman–Crippen MR) is 87.8 cm³/mol. The summed E-state index contributed by atoms with van der Waals surface area (Å²) in [5.74, 6) is 0.964. The number of ether oxygens (including phenoxy) is 1. The summed E-state index contributed by atoms with van der Waals surface area (Å²) in [6, 6.07) is 6.03. The molecule has 20 heavy (non-hydrogen) atoms. The number of thioether (sulfide) groups is 1. The number of hydrogen-bond donors (Lipinski definition) is 2. The molecule has 0 amide bonds. The van der Waals surface area contributed by atoms with Crippen molar-refractivity contribution in [2.45, 2.75) is 17.9 Å². The van der Waals surface area contributed by atoms with Crippen molar-refractivity contribution in [2.24, 2.45) is 5.73 Å². The van der Waals surface area contributed by atoms with E-state index in [1.165, 1.54) is 0 Å². The van der Waals surface area contributed by atoms with E-state index in [2.05, 4.69) is 11.8 Å². The van der Waals surface area contributed by atoms with E-state index in [-0.39, 0.29) is 12.6 Å². The number of thiocarbonyl (C=S) groups is 1. The Labute approximate surface area is 129 Å². The molecular weight excluding hydrogens is 292 g/mol. The van der Waals surface area contributed by atoms with Crippen molar-refractivity contribution in [3.8, 4) is 0 Å². The van der Waals surface area contributed by atoms with Gasteiger partial charge in [-0.2, -0.15) is 0 Å². The van der Waals surface area contributed by atoms with Crippen LogP contribution in [-0.4, -0.2) is 48.3 Å². The number of rotatable bonds is 5. The SMILES string of the molecule is CCSc1cccc(N2CCOCC2CO)c1C(N)=S. The van der Waals surface area contributed by atoms with Gasteiger partial charge in [-0.15, -0.1) is 11.8 Å². The van der Waals surface area contributed by atoms with Crippen molar-refractivity contribution in [2.75, 3.05) is 37.0 Å². The highest BCUT2D eigenvalue weighted by Gasteiger charge is 2.26. The van der Waals surface area contributed by atoms with Crippen LogP contribution in [0.1, 0.15) is 12.5 Å². The van der Waals surface area contributed by atoms with Crippen molar-refractivity contribution < 1.29 is 9.84 Å². The molecule has 2 rings (SSSR count). The van der Waals surface area contributed by atoms with Crippen LogP contribution in [0.15, 0.2) is 23.1 Å². The average molecular weight is 312 g/mol. The Morgan fingerprint density at radius 2 is 2.40 bits per heavy atom. The molecule has 0 aliphatic carbocycles. The minimum absolute atomic E-state index is 0.0428. The van der Waals surface area contributed by atoms with Gasteiger partial charge in [0.1, 0.15) is 4.99 Å². The highest BCUT2D eigenvalue weighted by Crippen LogP contribution is 2.32. The van der Waals surface area contributed by atoms with E-state index >= 15 is 0 Å². The predicted octanol–water partition coefficient (Wildman–Crippen LogP) is 1.63. The maximum atomic E-state index is 9.53. The Balaban J connectivity index is 2.43. The summed E-state index contributed by atoms with van der Waals surface area (Å²) in [6.07, 6.45) is 0. The smallest absolute Gasteiger partial charge is 0.107 e. The van der Waals surface area contributed by atoms with E-state index in [1.54, 1.807) is 11.8 Å². The fourth-order valence-electron chi connectivity index (χ4n) is 2.41. The maximum absolute atomic E-state index is 9.53. The van der Waals surface area contributed by atoms with Crippen LogP contribution in [0.4, 0.5) is 5.69 Å². The van der Waals surface area contributed by atoms with E-state index in [1.807, 2.05) is 18.2 Å². The molecule has 0 aromatic heterocycles. The Morgan fingerprint density at radius 1 is 1.60 bits per heavy atom. The van der Waals surface area contributed by atoms with Gasteiger partial charge in [0.25, 0.3) is 0 Å². The van der Waals surface area contributed by atoms with Crippen LogP contribution in [-0.2, 0) is 4.74 Å². The Kier molecular flexibility index (Phi) is 5.65. The first-order valence-corrected chi connectivity index (χ1v) is 8.09. The topological polar surface area (TPSA) is 58.7 Å². The Bertz CT molecular complexity index is 482. The van der Waals surface area contributed by atoms with Crippen LogP contribution in [0.2, 0.25) is 0 Å². The second-order valence-corrected chi connectivity index (χ2v) is 6.30. The van der Waals surface area contributed by atoms with Crippen LogP contribution in [0.5, 0.6) is 0 Å². The molecule has 0 saturated carbocycles. The molecule has 3 N–H and O–H groups in total. The van der Waals surface area contributed by atoms with Crippen LogP contribution in [0, 0.1) is 0 Å². The zero-order valence-corrected chi connectivity index (χ0v) is 13.2. The lowest BCUT2D eigenvalue weighted by Gasteiger charge is -2.37. The minimum atomic E-state index is -0.0428. The standard InChI is InChI=1S/C14H20N2O2S2/c1-2-20-12-5-3-4-11(13(12)14(15)19)16-6-7-18-9-10(16)8-17/h3-5,10,17H,2,6-9H2,1H3,(H2,15,19). The average Bonchev–Trinajstić information content (AvgIpc) is 2.47. The molecule has 1 fully saturated rings. The highest BCUT2D eigenvalue weighted by molar-refractivity contribution is 7.99. The summed E-state index contributed by atoms with van der Waals surface area (Å²) in [5.41, 5.74) is 7.85. The molecule has 1 aromatic carbocycles. The van der Waals surface area contributed by atoms with Gasteiger partial charge in [0.15, 0.2) is 0 Å². The third-order valence-electron chi connectivity index (χ3n) is 3.30. The zero-order valence-electron chi connectivity index (χ0n) is 11.5. The van der Waals surface area contributed by atoms with Gasteiger partial charge >= 0.3 is 0 Å². The summed E-state index contributed by atoms with van der Waals surface area (Å²) >= 11 is 6.97. The van der Waals surface area contributed by atoms with Crippen molar-refractivity contribution in [1.82, 2.24) is 0 Å². The van der Waals surface area contributed by atoms with Crippen LogP contribution in [0.25, 0.3) is 0 Å². The monoisotopic (exact) mass is 312 g/mol. The Morgan fingerprint density at radius 3 is 3.05 bits per heavy atom. The number of aliphatic hydroxyl groups excluding tert-OH is 1. The molecule has 4 nitrogen and oxygen atoms in total. The molecule has 1 heterocycles. The first-order valence-electron chi connectivity index (χ1n) is 6.69. The maximum Gasteiger partial charge on any atom is 0.107 e. The van der Waals surface area contributed by atoms with E-state index in [4.69, 9.17) is 22.7 Å². The molecule has 110 valence electrons. The molecule has 1 aliphatic heterocycles. The fourth-order valence-corrected chi connectivity index (χ4v) is 3.53. The largest absolute Gasteiger partial charge is 0.394 e. The molecule has 6 heteroatoms. The number of benzene rings is 1. The second kappa shape index (κ2) is 7.26. The number of anilines is 1. The van der Waals surface area contributed by atoms with Crippen LogP contribution < -0.4 is 10.6 Å². The van der Waals surface area contributed by atoms with Gasteiger partial charge in [-0.3, -0.25) is 0 Å². The molecular formula is C14H20N2O2S2. The van der Waals surface area contributed by atoms with Gasteiger partial charge in [-0.05, 0) is 17.9 Å². The van der Waals surface area contributed by atoms with Gasteiger partial charge in [-0.1, -0.05) is 25.2 Å². The minimum Gasteiger partial charge on any atom is -0.394 e. The summed E-state index contributed by atoms with van der Waals surface area (Å²) in [7, 11) is 0. The van der Waals surface area contributed by atoms with E-state index in [0.717, 1.165) is 28.4 Å². The van der Waals surface area contributed by atoms with Gasteiger partial charge in [0.05, 0.1) is 25.9 Å². The highest BCUT2D eigenvalue weighted by atomic mass is 32.2. The molecule has 1 saturated heterocycles. The summed E-state index contributed by atoms with van der Waals surface area (Å²) < 4.78 is 5.43. The number of nitrogens with two attached hydrogens (primary N) is 1. The molecule has 0 radical (unpaired) electrons. The van der Waals surface area contributed by atoms with Crippen molar-refractivity contribution in [1.29, 1.82) is 0 Å². The summed E-state index contributed by atoms with van der Waals surface area (Å²) in [5, 5.41) is 9.53. The number of morpholine rings is 1. The lowest BCUT2D eigenvalue weighted by Crippen LogP contribution is -2.48. The van der Waals surface area contributed by atoms with Gasteiger partial charge in [0.2, 0.25) is 0 Å². The van der Waals surface area contributed by atoms with Gasteiger partial charge < -0.3 is 20.5 Å². The van der Waals surface area contributed by atoms with Gasteiger partial charge in [0, 0.05) is 22.7 Å². The normalized spacial score (nSPS) is 19.1. The third-order valence-corrected chi connectivity index (χ3v) is 4.44. The van der Waals surface area contributed by atoms with E-state index in [0.29, 0.717) is 18.2 Å².